The third-order valence-corrected chi connectivity index (χ3v) is 2.44. The monoisotopic (exact) mass is 269 g/mol. The van der Waals surface area contributed by atoms with E-state index in [2.05, 4.69) is 15.6 Å². The highest BCUT2D eigenvalue weighted by Gasteiger charge is 2.23. The van der Waals surface area contributed by atoms with Crippen molar-refractivity contribution in [3.63, 3.8) is 0 Å². The molecule has 0 aliphatic heterocycles. The summed E-state index contributed by atoms with van der Waals surface area (Å²) in [6, 6.07) is -0.924. The molecule has 1 atom stereocenters. The largest absolute Gasteiger partial charge is 0.480 e. The number of nitrogens with one attached hydrogen (secondary N) is 1. The van der Waals surface area contributed by atoms with Crippen molar-refractivity contribution in [1.82, 2.24) is 20.3 Å². The van der Waals surface area contributed by atoms with Gasteiger partial charge in [-0.15, -0.1) is 5.10 Å². The number of carboxylic acid groups (broad SMARTS) is 1. The van der Waals surface area contributed by atoms with E-state index < -0.39 is 17.9 Å². The molecule has 1 aromatic heterocycles. The van der Waals surface area contributed by atoms with Gasteiger partial charge in [-0.05, 0) is 12.3 Å². The fourth-order valence-corrected chi connectivity index (χ4v) is 1.57. The van der Waals surface area contributed by atoms with E-state index in [9.17, 15) is 9.59 Å². The van der Waals surface area contributed by atoms with E-state index in [1.54, 1.807) is 0 Å². The second-order valence-electron chi connectivity index (χ2n) is 4.65. The van der Waals surface area contributed by atoms with Gasteiger partial charge in [-0.25, -0.2) is 4.79 Å². The molecule has 8 nitrogen and oxygen atoms in total. The normalized spacial score (nSPS) is 12.4. The molecular formula is C11H19N5O3. The van der Waals surface area contributed by atoms with Crippen LogP contribution in [0.4, 0.5) is 0 Å². The number of nitrogens with zero attached hydrogens (tertiary/aromatic N) is 3. The summed E-state index contributed by atoms with van der Waals surface area (Å²) in [6.07, 6.45) is 1.80. The lowest BCUT2D eigenvalue weighted by Crippen LogP contribution is -2.41. The molecule has 1 rings (SSSR count). The van der Waals surface area contributed by atoms with Crippen LogP contribution in [0.15, 0.2) is 6.20 Å². The minimum Gasteiger partial charge on any atom is -0.480 e. The van der Waals surface area contributed by atoms with E-state index in [-0.39, 0.29) is 11.6 Å². The first-order valence-electron chi connectivity index (χ1n) is 6.08. The lowest BCUT2D eigenvalue weighted by Gasteiger charge is -2.15. The Balaban J connectivity index is 2.67. The number of carbonyl (C=O) groups excluding carboxylic acids is 1. The molecule has 0 unspecified atom stereocenters. The third kappa shape index (κ3) is 4.66. The highest BCUT2D eigenvalue weighted by molar-refractivity contribution is 5.94. The van der Waals surface area contributed by atoms with Crippen LogP contribution in [0.5, 0.6) is 0 Å². The van der Waals surface area contributed by atoms with Gasteiger partial charge < -0.3 is 16.2 Å². The molecule has 8 heteroatoms. The molecule has 1 heterocycles. The fourth-order valence-electron chi connectivity index (χ4n) is 1.57. The molecule has 0 aliphatic rings. The van der Waals surface area contributed by atoms with Crippen molar-refractivity contribution >= 4 is 11.9 Å². The lowest BCUT2D eigenvalue weighted by molar-refractivity contribution is -0.139. The summed E-state index contributed by atoms with van der Waals surface area (Å²) in [5, 5.41) is 18.9. The molecule has 0 bridgehead atoms. The Bertz CT molecular complexity index is 443. The molecule has 0 saturated carbocycles. The fraction of sp³-hybridized carbons (Fsp3) is 0.636. The average Bonchev–Trinajstić information content (AvgIpc) is 2.76. The van der Waals surface area contributed by atoms with Crippen molar-refractivity contribution < 1.29 is 14.7 Å². The quantitative estimate of drug-likeness (QED) is 0.611. The van der Waals surface area contributed by atoms with Gasteiger partial charge >= 0.3 is 5.97 Å². The number of amides is 1. The molecule has 19 heavy (non-hydrogen) atoms. The zero-order chi connectivity index (χ0) is 14.4. The molecule has 0 radical (unpaired) electrons. The van der Waals surface area contributed by atoms with E-state index in [4.69, 9.17) is 10.8 Å². The molecule has 0 fully saturated rings. The smallest absolute Gasteiger partial charge is 0.326 e. The maximum Gasteiger partial charge on any atom is 0.326 e. The van der Waals surface area contributed by atoms with Crippen LogP contribution in [0.2, 0.25) is 0 Å². The first kappa shape index (κ1) is 15.1. The van der Waals surface area contributed by atoms with Crippen LogP contribution in [-0.4, -0.2) is 44.6 Å². The van der Waals surface area contributed by atoms with Crippen molar-refractivity contribution in [3.05, 3.63) is 11.9 Å². The molecule has 4 N–H and O–H groups in total. The summed E-state index contributed by atoms with van der Waals surface area (Å²) in [5.74, 6) is -1.44. The van der Waals surface area contributed by atoms with Gasteiger partial charge in [0.1, 0.15) is 6.04 Å². The Morgan fingerprint density at radius 2 is 2.21 bits per heavy atom. The van der Waals surface area contributed by atoms with Gasteiger partial charge in [0.2, 0.25) is 0 Å². The number of carboxylic acids is 1. The number of hydrogen-bond donors (Lipinski definition) is 3. The van der Waals surface area contributed by atoms with E-state index >= 15 is 0 Å². The Hall–Kier alpha value is -1.96. The second kappa shape index (κ2) is 6.83. The van der Waals surface area contributed by atoms with Gasteiger partial charge in [-0.3, -0.25) is 9.48 Å². The van der Waals surface area contributed by atoms with E-state index in [1.165, 1.54) is 10.9 Å². The van der Waals surface area contributed by atoms with Crippen LogP contribution in [0, 0.1) is 5.92 Å². The van der Waals surface area contributed by atoms with Crippen molar-refractivity contribution in [1.29, 1.82) is 0 Å². The van der Waals surface area contributed by atoms with Gasteiger partial charge in [-0.1, -0.05) is 19.1 Å². The number of aromatic nitrogens is 3. The topological polar surface area (TPSA) is 123 Å². The number of nitrogens with two attached hydrogens (primary N) is 1. The first-order valence-corrected chi connectivity index (χ1v) is 6.08. The van der Waals surface area contributed by atoms with E-state index in [1.807, 2.05) is 13.8 Å². The summed E-state index contributed by atoms with van der Waals surface area (Å²) >= 11 is 0. The van der Waals surface area contributed by atoms with Crippen molar-refractivity contribution in [3.8, 4) is 0 Å². The van der Waals surface area contributed by atoms with Gasteiger partial charge in [0, 0.05) is 6.54 Å². The van der Waals surface area contributed by atoms with Crippen molar-refractivity contribution in [2.75, 3.05) is 6.54 Å². The summed E-state index contributed by atoms with van der Waals surface area (Å²) in [5.41, 5.74) is 5.44. The summed E-state index contributed by atoms with van der Waals surface area (Å²) in [4.78, 5) is 22.9. The number of aliphatic carboxylic acids is 1. The average molecular weight is 269 g/mol. The lowest BCUT2D eigenvalue weighted by atomic mass is 10.0. The van der Waals surface area contributed by atoms with Gasteiger partial charge in [-0.2, -0.15) is 0 Å². The van der Waals surface area contributed by atoms with Crippen LogP contribution in [0.3, 0.4) is 0 Å². The first-order chi connectivity index (χ1) is 8.93. The van der Waals surface area contributed by atoms with Crippen LogP contribution in [0.1, 0.15) is 30.8 Å². The zero-order valence-corrected chi connectivity index (χ0v) is 11.0. The summed E-state index contributed by atoms with van der Waals surface area (Å²) < 4.78 is 1.44. The summed E-state index contributed by atoms with van der Waals surface area (Å²) in [7, 11) is 0. The molecule has 0 aromatic carbocycles. The Morgan fingerprint density at radius 1 is 1.53 bits per heavy atom. The minimum atomic E-state index is -1.06. The minimum absolute atomic E-state index is 0.0865. The molecule has 1 aromatic rings. The van der Waals surface area contributed by atoms with Crippen LogP contribution < -0.4 is 11.1 Å². The standard InChI is InChI=1S/C11H19N5O3/c1-7(2)5-8(11(18)19)13-10(17)9-6-16(4-3-12)15-14-9/h6-8H,3-5,12H2,1-2H3,(H,13,17)(H,18,19)/t8-/m0/s1. The number of hydrogen-bond acceptors (Lipinski definition) is 5. The second-order valence-corrected chi connectivity index (χ2v) is 4.65. The zero-order valence-electron chi connectivity index (χ0n) is 11.0. The highest BCUT2D eigenvalue weighted by Crippen LogP contribution is 2.06. The van der Waals surface area contributed by atoms with Gasteiger partial charge in [0.15, 0.2) is 5.69 Å². The summed E-state index contributed by atoms with van der Waals surface area (Å²) in [6.45, 7) is 4.61. The van der Waals surface area contributed by atoms with Crippen molar-refractivity contribution in [2.45, 2.75) is 32.9 Å². The van der Waals surface area contributed by atoms with Crippen molar-refractivity contribution in [2.24, 2.45) is 11.7 Å². The molecule has 0 saturated heterocycles. The van der Waals surface area contributed by atoms with Gasteiger partial charge in [0.25, 0.3) is 5.91 Å². The third-order valence-electron chi connectivity index (χ3n) is 2.44. The van der Waals surface area contributed by atoms with E-state index in [0.717, 1.165) is 0 Å². The highest BCUT2D eigenvalue weighted by atomic mass is 16.4. The maximum atomic E-state index is 11.8. The SMILES string of the molecule is CC(C)C[C@H](NC(=O)c1cn(CCN)nn1)C(=O)O. The molecule has 106 valence electrons. The van der Waals surface area contributed by atoms with Crippen LogP contribution in [-0.2, 0) is 11.3 Å². The Morgan fingerprint density at radius 3 is 2.74 bits per heavy atom. The molecular weight excluding hydrogens is 250 g/mol. The number of rotatable bonds is 7. The predicted molar refractivity (Wildman–Crippen MR) is 67.4 cm³/mol. The molecule has 0 spiro atoms. The number of carbonyl (C=O) groups is 2. The molecule has 1 amide bonds. The Labute approximate surface area is 111 Å². The predicted octanol–water partition coefficient (Wildman–Crippen LogP) is -0.534. The maximum absolute atomic E-state index is 11.8. The van der Waals surface area contributed by atoms with Gasteiger partial charge in [0.05, 0.1) is 12.7 Å². The molecule has 0 aliphatic carbocycles. The van der Waals surface area contributed by atoms with Crippen LogP contribution in [0.25, 0.3) is 0 Å². The Kier molecular flexibility index (Phi) is 5.43. The van der Waals surface area contributed by atoms with E-state index in [0.29, 0.717) is 19.5 Å². The van der Waals surface area contributed by atoms with Crippen LogP contribution >= 0.6 is 0 Å².